The number of benzene rings is 2. The van der Waals surface area contributed by atoms with Gasteiger partial charge in [0.1, 0.15) is 17.2 Å². The van der Waals surface area contributed by atoms with Crippen LogP contribution in [-0.4, -0.2) is 57.3 Å². The number of methoxy groups -OCH3 is 1. The molecule has 5 rings (SSSR count). The molecule has 1 saturated heterocycles. The van der Waals surface area contributed by atoms with Gasteiger partial charge >= 0.3 is 0 Å². The third-order valence-corrected chi connectivity index (χ3v) is 7.41. The van der Waals surface area contributed by atoms with Crippen molar-refractivity contribution in [1.29, 1.82) is 0 Å². The minimum Gasteiger partial charge on any atom is -0.508 e. The van der Waals surface area contributed by atoms with E-state index in [2.05, 4.69) is 75.3 Å². The Kier molecular flexibility index (Phi) is 8.71. The van der Waals surface area contributed by atoms with Gasteiger partial charge in [0, 0.05) is 42.3 Å². The lowest BCUT2D eigenvalue weighted by atomic mass is 10.0. The van der Waals surface area contributed by atoms with Gasteiger partial charge in [-0.2, -0.15) is 0 Å². The number of hydrogen-bond acceptors (Lipinski definition) is 6. The molecule has 1 aliphatic heterocycles. The molecule has 39 heavy (non-hydrogen) atoms. The second-order valence-electron chi connectivity index (χ2n) is 10.1. The topological polar surface area (TPSA) is 75.4 Å². The SMILES string of the molecule is C=C(O)c1ccnc(-c2nccn2Cc2ccc(CN3CCC(NCCc4ccccc4)CC3)cc2OC)c1. The van der Waals surface area contributed by atoms with Gasteiger partial charge in [0.25, 0.3) is 0 Å². The number of aliphatic hydroxyl groups excluding tert-OH is 1. The fourth-order valence-corrected chi connectivity index (χ4v) is 5.22. The molecule has 0 saturated carbocycles. The zero-order chi connectivity index (χ0) is 27.0. The largest absolute Gasteiger partial charge is 0.508 e. The van der Waals surface area contributed by atoms with E-state index < -0.39 is 0 Å². The van der Waals surface area contributed by atoms with Crippen LogP contribution in [0.4, 0.5) is 0 Å². The molecule has 2 aromatic heterocycles. The van der Waals surface area contributed by atoms with Crippen LogP contribution in [0.15, 0.2) is 85.8 Å². The van der Waals surface area contributed by atoms with Gasteiger partial charge in [-0.1, -0.05) is 49.0 Å². The van der Waals surface area contributed by atoms with Crippen molar-refractivity contribution in [2.24, 2.45) is 0 Å². The first kappa shape index (κ1) is 26.7. The predicted octanol–water partition coefficient (Wildman–Crippen LogP) is 5.33. The van der Waals surface area contributed by atoms with Crippen molar-refractivity contribution in [3.05, 3.63) is 108 Å². The Morgan fingerprint density at radius 1 is 1.00 bits per heavy atom. The van der Waals surface area contributed by atoms with Crippen molar-refractivity contribution in [2.75, 3.05) is 26.7 Å². The summed E-state index contributed by atoms with van der Waals surface area (Å²) in [5.41, 5.74) is 5.03. The maximum atomic E-state index is 9.78. The average molecular weight is 524 g/mol. The van der Waals surface area contributed by atoms with E-state index in [9.17, 15) is 5.11 Å². The van der Waals surface area contributed by atoms with Gasteiger partial charge in [0.15, 0.2) is 5.82 Å². The maximum absolute atomic E-state index is 9.78. The monoisotopic (exact) mass is 523 g/mol. The highest BCUT2D eigenvalue weighted by molar-refractivity contribution is 5.62. The van der Waals surface area contributed by atoms with E-state index in [-0.39, 0.29) is 5.76 Å². The van der Waals surface area contributed by atoms with Crippen molar-refractivity contribution >= 4 is 5.76 Å². The van der Waals surface area contributed by atoms with Crippen molar-refractivity contribution in [3.8, 4) is 17.3 Å². The van der Waals surface area contributed by atoms with Gasteiger partial charge in [0.05, 0.1) is 13.7 Å². The van der Waals surface area contributed by atoms with Crippen molar-refractivity contribution in [1.82, 2.24) is 24.8 Å². The number of imidazole rings is 1. The number of nitrogens with zero attached hydrogens (tertiary/aromatic N) is 4. The van der Waals surface area contributed by atoms with E-state index in [4.69, 9.17) is 4.74 Å². The summed E-state index contributed by atoms with van der Waals surface area (Å²) in [5.74, 6) is 1.61. The molecule has 4 aromatic rings. The van der Waals surface area contributed by atoms with Crippen LogP contribution in [0.3, 0.4) is 0 Å². The Balaban J connectivity index is 1.16. The lowest BCUT2D eigenvalue weighted by Crippen LogP contribution is -2.42. The molecule has 1 fully saturated rings. The van der Waals surface area contributed by atoms with Crippen LogP contribution in [0, 0.1) is 0 Å². The molecule has 0 unspecified atom stereocenters. The van der Waals surface area contributed by atoms with Crippen LogP contribution < -0.4 is 10.1 Å². The maximum Gasteiger partial charge on any atom is 0.158 e. The summed E-state index contributed by atoms with van der Waals surface area (Å²) < 4.78 is 7.84. The summed E-state index contributed by atoms with van der Waals surface area (Å²) in [7, 11) is 1.72. The van der Waals surface area contributed by atoms with E-state index >= 15 is 0 Å². The van der Waals surface area contributed by atoms with Crippen molar-refractivity contribution < 1.29 is 9.84 Å². The van der Waals surface area contributed by atoms with E-state index in [0.29, 0.717) is 23.8 Å². The first-order chi connectivity index (χ1) is 19.1. The normalized spacial score (nSPS) is 14.4. The first-order valence-electron chi connectivity index (χ1n) is 13.6. The van der Waals surface area contributed by atoms with E-state index in [1.165, 1.54) is 24.0 Å². The molecular weight excluding hydrogens is 486 g/mol. The van der Waals surface area contributed by atoms with Crippen LogP contribution in [0.25, 0.3) is 17.3 Å². The average Bonchev–Trinajstić information content (AvgIpc) is 3.43. The highest BCUT2D eigenvalue weighted by Crippen LogP contribution is 2.26. The quantitative estimate of drug-likeness (QED) is 0.259. The molecule has 7 nitrogen and oxygen atoms in total. The van der Waals surface area contributed by atoms with Crippen molar-refractivity contribution in [2.45, 2.75) is 38.4 Å². The number of aliphatic hydroxyl groups is 1. The second kappa shape index (κ2) is 12.7. The Hall–Kier alpha value is -3.94. The summed E-state index contributed by atoms with van der Waals surface area (Å²) >= 11 is 0. The minimum absolute atomic E-state index is 0.0116. The second-order valence-corrected chi connectivity index (χ2v) is 10.1. The highest BCUT2D eigenvalue weighted by Gasteiger charge is 2.19. The van der Waals surface area contributed by atoms with Crippen molar-refractivity contribution in [3.63, 3.8) is 0 Å². The number of nitrogens with one attached hydrogen (secondary N) is 1. The fourth-order valence-electron chi connectivity index (χ4n) is 5.22. The predicted molar refractivity (Wildman–Crippen MR) is 156 cm³/mol. The zero-order valence-corrected chi connectivity index (χ0v) is 22.6. The molecule has 0 atom stereocenters. The summed E-state index contributed by atoms with van der Waals surface area (Å²) in [6.07, 6.45) is 8.78. The first-order valence-corrected chi connectivity index (χ1v) is 13.6. The lowest BCUT2D eigenvalue weighted by Gasteiger charge is -2.32. The molecule has 0 radical (unpaired) electrons. The summed E-state index contributed by atoms with van der Waals surface area (Å²) in [4.78, 5) is 11.5. The molecule has 0 bridgehead atoms. The number of piperidine rings is 1. The summed E-state index contributed by atoms with van der Waals surface area (Å²) in [5, 5.41) is 13.5. The molecule has 0 spiro atoms. The zero-order valence-electron chi connectivity index (χ0n) is 22.6. The number of aromatic nitrogens is 3. The Morgan fingerprint density at radius 3 is 2.59 bits per heavy atom. The van der Waals surface area contributed by atoms with Gasteiger partial charge in [-0.3, -0.25) is 9.88 Å². The molecule has 2 aromatic carbocycles. The molecule has 0 aliphatic carbocycles. The van der Waals surface area contributed by atoms with Gasteiger partial charge in [0.2, 0.25) is 0 Å². The van der Waals surface area contributed by atoms with Crippen LogP contribution in [-0.2, 0) is 19.5 Å². The summed E-state index contributed by atoms with van der Waals surface area (Å²) in [6.45, 7) is 8.36. The molecule has 1 aliphatic rings. The van der Waals surface area contributed by atoms with Gasteiger partial charge in [-0.25, -0.2) is 4.98 Å². The lowest BCUT2D eigenvalue weighted by molar-refractivity contribution is 0.191. The molecular formula is C32H37N5O2. The molecule has 202 valence electrons. The van der Waals surface area contributed by atoms with E-state index in [1.54, 1.807) is 31.6 Å². The van der Waals surface area contributed by atoms with Crippen LogP contribution in [0.5, 0.6) is 5.75 Å². The fraction of sp³-hybridized carbons (Fsp3) is 0.312. The molecule has 2 N–H and O–H groups in total. The van der Waals surface area contributed by atoms with Crippen LogP contribution >= 0.6 is 0 Å². The van der Waals surface area contributed by atoms with Gasteiger partial charge < -0.3 is 19.7 Å². The Bertz CT molecular complexity index is 1380. The minimum atomic E-state index is 0.0116. The van der Waals surface area contributed by atoms with E-state index in [1.807, 2.05) is 10.8 Å². The Labute approximate surface area is 230 Å². The number of rotatable bonds is 11. The highest BCUT2D eigenvalue weighted by atomic mass is 16.5. The summed E-state index contributed by atoms with van der Waals surface area (Å²) in [6, 6.07) is 21.3. The molecule has 3 heterocycles. The van der Waals surface area contributed by atoms with Gasteiger partial charge in [-0.15, -0.1) is 0 Å². The molecule has 0 amide bonds. The van der Waals surface area contributed by atoms with Crippen LogP contribution in [0.2, 0.25) is 0 Å². The van der Waals surface area contributed by atoms with E-state index in [0.717, 1.165) is 49.7 Å². The number of pyridine rings is 1. The number of likely N-dealkylation sites (tertiary alicyclic amines) is 1. The standard InChI is InChI=1S/C32H37N5O2/c1-24(38)27-11-15-34-30(21-27)32-35-16-19-37(32)23-28-9-8-26(20-31(28)39-2)22-36-17-12-29(13-18-36)33-14-10-25-6-4-3-5-7-25/h3-9,11,15-16,19-21,29,33,38H,1,10,12-14,17-18,22-23H2,2H3. The van der Waals surface area contributed by atoms with Crippen LogP contribution in [0.1, 0.15) is 35.1 Å². The molecule has 7 heteroatoms. The smallest absolute Gasteiger partial charge is 0.158 e. The Morgan fingerprint density at radius 2 is 1.82 bits per heavy atom. The third kappa shape index (κ3) is 6.93. The third-order valence-electron chi connectivity index (χ3n) is 7.41. The number of hydrogen-bond donors (Lipinski definition) is 2. The van der Waals surface area contributed by atoms with Gasteiger partial charge in [-0.05, 0) is 68.2 Å². The number of ether oxygens (including phenoxy) is 1.